The minimum absolute atomic E-state index is 0.286. The summed E-state index contributed by atoms with van der Waals surface area (Å²) in [6.07, 6.45) is 2.73. The van der Waals surface area contributed by atoms with Gasteiger partial charge >= 0.3 is 0 Å². The Balaban J connectivity index is 3.16. The molecule has 0 amide bonds. The molecule has 0 aromatic rings. The number of unbranched alkanes of at least 4 members (excludes halogenated alkanes) is 1. The van der Waals surface area contributed by atoms with Crippen LogP contribution in [-0.2, 0) is 5.11 Å². The highest BCUT2D eigenvalue weighted by molar-refractivity contribution is 14.1. The Kier molecular flexibility index (Phi) is 5.89. The van der Waals surface area contributed by atoms with Gasteiger partial charge < -0.3 is 0 Å². The number of rotatable bonds is 4. The third-order valence-electron chi connectivity index (χ3n) is 1.35. The van der Waals surface area contributed by atoms with Crippen LogP contribution in [0.15, 0.2) is 0 Å². The molecule has 0 aromatic heterocycles. The Hall–Kier alpha value is 0.690. The fraction of sp³-hybridized carbons (Fsp3) is 1.00. The zero-order valence-corrected chi connectivity index (χ0v) is 8.22. The lowest BCUT2D eigenvalue weighted by molar-refractivity contribution is 0.0842. The standard InChI is InChI=1S/C7H14IO/c1-3-4-5-7(9)6(2)8/h6-7H,3-5H2,1-2H3. The predicted molar refractivity (Wildman–Crippen MR) is 47.5 cm³/mol. The summed E-state index contributed by atoms with van der Waals surface area (Å²) < 4.78 is 0.286. The normalized spacial score (nSPS) is 17.3. The maximum atomic E-state index is 11.0. The molecule has 2 atom stereocenters. The first-order valence-electron chi connectivity index (χ1n) is 3.48. The first-order valence-corrected chi connectivity index (χ1v) is 4.73. The minimum Gasteiger partial charge on any atom is -0.232 e. The van der Waals surface area contributed by atoms with Gasteiger partial charge in [0.15, 0.2) is 0 Å². The Bertz CT molecular complexity index is 63.9. The van der Waals surface area contributed by atoms with Crippen LogP contribution in [0.5, 0.6) is 0 Å². The van der Waals surface area contributed by atoms with Gasteiger partial charge in [0.1, 0.15) is 6.10 Å². The van der Waals surface area contributed by atoms with Gasteiger partial charge in [0.2, 0.25) is 0 Å². The van der Waals surface area contributed by atoms with E-state index in [0.29, 0.717) is 0 Å². The second-order valence-corrected chi connectivity index (χ2v) is 4.32. The quantitative estimate of drug-likeness (QED) is 0.532. The van der Waals surface area contributed by atoms with Crippen LogP contribution in [0.4, 0.5) is 0 Å². The summed E-state index contributed by atoms with van der Waals surface area (Å²) in [5, 5.41) is 11.0. The fourth-order valence-corrected chi connectivity index (χ4v) is 0.995. The average molecular weight is 241 g/mol. The number of hydrogen-bond donors (Lipinski definition) is 0. The smallest absolute Gasteiger partial charge is 0.104 e. The van der Waals surface area contributed by atoms with Gasteiger partial charge in [-0.1, -0.05) is 49.3 Å². The van der Waals surface area contributed by atoms with Gasteiger partial charge in [0, 0.05) is 3.92 Å². The zero-order valence-electron chi connectivity index (χ0n) is 6.06. The van der Waals surface area contributed by atoms with Crippen molar-refractivity contribution in [2.45, 2.75) is 43.1 Å². The molecule has 0 N–H and O–H groups in total. The van der Waals surface area contributed by atoms with Crippen molar-refractivity contribution in [2.75, 3.05) is 0 Å². The largest absolute Gasteiger partial charge is 0.232 e. The van der Waals surface area contributed by atoms with Gasteiger partial charge in [-0.05, 0) is 6.42 Å². The summed E-state index contributed by atoms with van der Waals surface area (Å²) in [5.74, 6) is 0. The molecule has 2 unspecified atom stereocenters. The topological polar surface area (TPSA) is 19.9 Å². The SMILES string of the molecule is CCCCC([O])C(C)I. The molecular weight excluding hydrogens is 227 g/mol. The van der Waals surface area contributed by atoms with E-state index < -0.39 is 0 Å². The van der Waals surface area contributed by atoms with E-state index in [1.165, 1.54) is 0 Å². The highest BCUT2D eigenvalue weighted by Gasteiger charge is 2.10. The molecule has 0 rings (SSSR count). The molecule has 55 valence electrons. The van der Waals surface area contributed by atoms with Gasteiger partial charge in [0.05, 0.1) is 0 Å². The predicted octanol–water partition coefficient (Wildman–Crippen LogP) is 2.80. The third kappa shape index (κ3) is 5.15. The van der Waals surface area contributed by atoms with Gasteiger partial charge in [-0.15, -0.1) is 0 Å². The highest BCUT2D eigenvalue weighted by atomic mass is 127. The van der Waals surface area contributed by atoms with Crippen LogP contribution >= 0.6 is 22.6 Å². The lowest BCUT2D eigenvalue weighted by Crippen LogP contribution is -2.14. The number of alkyl halides is 1. The molecule has 0 fully saturated rings. The van der Waals surface area contributed by atoms with E-state index in [9.17, 15) is 5.11 Å². The molecule has 0 aliphatic rings. The van der Waals surface area contributed by atoms with E-state index in [2.05, 4.69) is 29.5 Å². The molecule has 0 aromatic carbocycles. The van der Waals surface area contributed by atoms with Crippen molar-refractivity contribution < 1.29 is 5.11 Å². The first kappa shape index (κ1) is 9.69. The summed E-state index contributed by atoms with van der Waals surface area (Å²) in [6, 6.07) is 0. The van der Waals surface area contributed by atoms with Crippen LogP contribution in [-0.4, -0.2) is 10.0 Å². The molecule has 0 saturated carbocycles. The summed E-state index contributed by atoms with van der Waals surface area (Å²) in [7, 11) is 0. The van der Waals surface area contributed by atoms with E-state index in [0.717, 1.165) is 19.3 Å². The zero-order chi connectivity index (χ0) is 7.28. The van der Waals surface area contributed by atoms with Crippen LogP contribution in [0.2, 0.25) is 0 Å². The van der Waals surface area contributed by atoms with Crippen molar-refractivity contribution in [2.24, 2.45) is 0 Å². The number of halogens is 1. The summed E-state index contributed by atoms with van der Waals surface area (Å²) >= 11 is 2.20. The van der Waals surface area contributed by atoms with Crippen molar-refractivity contribution in [1.82, 2.24) is 0 Å². The molecule has 0 heterocycles. The van der Waals surface area contributed by atoms with E-state index in [1.54, 1.807) is 0 Å². The van der Waals surface area contributed by atoms with Crippen LogP contribution in [0.25, 0.3) is 0 Å². The lowest BCUT2D eigenvalue weighted by Gasteiger charge is -2.08. The second-order valence-electron chi connectivity index (χ2n) is 2.36. The van der Waals surface area contributed by atoms with Gasteiger partial charge in [-0.3, -0.25) is 0 Å². The highest BCUT2D eigenvalue weighted by Crippen LogP contribution is 2.11. The molecule has 0 spiro atoms. The van der Waals surface area contributed by atoms with Crippen molar-refractivity contribution in [1.29, 1.82) is 0 Å². The first-order chi connectivity index (χ1) is 4.18. The lowest BCUT2D eigenvalue weighted by atomic mass is 10.1. The third-order valence-corrected chi connectivity index (χ3v) is 2.16. The van der Waals surface area contributed by atoms with Crippen molar-refractivity contribution in [3.8, 4) is 0 Å². The molecule has 0 bridgehead atoms. The Morgan fingerprint density at radius 3 is 2.44 bits per heavy atom. The van der Waals surface area contributed by atoms with E-state index >= 15 is 0 Å². The van der Waals surface area contributed by atoms with Crippen LogP contribution in [0, 0.1) is 0 Å². The minimum atomic E-state index is -0.342. The monoisotopic (exact) mass is 241 g/mol. The average Bonchev–Trinajstić information content (AvgIpc) is 1.82. The van der Waals surface area contributed by atoms with Crippen molar-refractivity contribution in [3.63, 3.8) is 0 Å². The van der Waals surface area contributed by atoms with Gasteiger partial charge in [0.25, 0.3) is 0 Å². The molecule has 0 aliphatic carbocycles. The van der Waals surface area contributed by atoms with Crippen molar-refractivity contribution in [3.05, 3.63) is 0 Å². The Morgan fingerprint density at radius 2 is 2.11 bits per heavy atom. The second kappa shape index (κ2) is 5.47. The molecular formula is C7H14IO. The van der Waals surface area contributed by atoms with E-state index in [4.69, 9.17) is 0 Å². The van der Waals surface area contributed by atoms with Crippen LogP contribution < -0.4 is 0 Å². The molecule has 1 nitrogen and oxygen atoms in total. The summed E-state index contributed by atoms with van der Waals surface area (Å²) in [6.45, 7) is 4.10. The molecule has 1 radical (unpaired) electrons. The van der Waals surface area contributed by atoms with Crippen LogP contribution in [0.3, 0.4) is 0 Å². The molecule has 2 heteroatoms. The van der Waals surface area contributed by atoms with Crippen molar-refractivity contribution >= 4 is 22.6 Å². The molecule has 0 saturated heterocycles. The summed E-state index contributed by atoms with van der Waals surface area (Å²) in [5.41, 5.74) is 0. The van der Waals surface area contributed by atoms with E-state index in [1.807, 2.05) is 6.92 Å². The Labute approximate surface area is 71.0 Å². The fourth-order valence-electron chi connectivity index (χ4n) is 0.635. The Morgan fingerprint density at radius 1 is 1.56 bits per heavy atom. The van der Waals surface area contributed by atoms with Crippen LogP contribution in [0.1, 0.15) is 33.1 Å². The molecule has 0 aliphatic heterocycles. The molecule has 9 heavy (non-hydrogen) atoms. The van der Waals surface area contributed by atoms with E-state index in [-0.39, 0.29) is 10.0 Å². The van der Waals surface area contributed by atoms with Gasteiger partial charge in [-0.25, -0.2) is 5.11 Å². The maximum Gasteiger partial charge on any atom is 0.104 e. The van der Waals surface area contributed by atoms with Gasteiger partial charge in [-0.2, -0.15) is 0 Å². The number of hydrogen-bond acceptors (Lipinski definition) is 0. The summed E-state index contributed by atoms with van der Waals surface area (Å²) in [4.78, 5) is 0. The maximum absolute atomic E-state index is 11.0.